The Morgan fingerprint density at radius 2 is 1.33 bits per heavy atom. The van der Waals surface area contributed by atoms with Gasteiger partial charge in [0.25, 0.3) is 0 Å². The molecule has 0 radical (unpaired) electrons. The molecular formula is C12H26. The van der Waals surface area contributed by atoms with Crippen molar-refractivity contribution in [3.63, 3.8) is 0 Å². The summed E-state index contributed by atoms with van der Waals surface area (Å²) in [5.41, 5.74) is 0. The van der Waals surface area contributed by atoms with Crippen LogP contribution in [-0.2, 0) is 0 Å². The Morgan fingerprint density at radius 1 is 0.750 bits per heavy atom. The van der Waals surface area contributed by atoms with Crippen LogP contribution >= 0.6 is 0 Å². The molecule has 0 aliphatic rings. The van der Waals surface area contributed by atoms with Gasteiger partial charge in [-0.15, -0.1) is 0 Å². The maximum Gasteiger partial charge on any atom is -0.0417 e. The zero-order valence-corrected chi connectivity index (χ0v) is 9.56. The van der Waals surface area contributed by atoms with Gasteiger partial charge in [0.15, 0.2) is 0 Å². The molecule has 12 heavy (non-hydrogen) atoms. The van der Waals surface area contributed by atoms with E-state index in [1.165, 1.54) is 25.7 Å². The zero-order chi connectivity index (χ0) is 9.56. The van der Waals surface area contributed by atoms with Gasteiger partial charge in [0, 0.05) is 0 Å². The fraction of sp³-hybridized carbons (Fsp3) is 1.00. The fourth-order valence-corrected chi connectivity index (χ4v) is 1.44. The third-order valence-electron chi connectivity index (χ3n) is 3.43. The minimum Gasteiger partial charge on any atom is -0.0651 e. The van der Waals surface area contributed by atoms with Gasteiger partial charge in [0.05, 0.1) is 0 Å². The van der Waals surface area contributed by atoms with Crippen molar-refractivity contribution in [2.24, 2.45) is 17.8 Å². The van der Waals surface area contributed by atoms with E-state index in [1.807, 2.05) is 0 Å². The molecule has 0 amide bonds. The van der Waals surface area contributed by atoms with Crippen LogP contribution in [0.1, 0.15) is 60.3 Å². The summed E-state index contributed by atoms with van der Waals surface area (Å²) in [7, 11) is 0. The smallest absolute Gasteiger partial charge is 0.0417 e. The normalized spacial score (nSPS) is 18.8. The van der Waals surface area contributed by atoms with E-state index >= 15 is 0 Å². The molecule has 0 saturated heterocycles. The van der Waals surface area contributed by atoms with Crippen molar-refractivity contribution in [1.82, 2.24) is 0 Å². The highest BCUT2D eigenvalue weighted by atomic mass is 14.2. The summed E-state index contributed by atoms with van der Waals surface area (Å²) >= 11 is 0. The lowest BCUT2D eigenvalue weighted by molar-refractivity contribution is 0.322. The summed E-state index contributed by atoms with van der Waals surface area (Å²) < 4.78 is 0. The molecule has 0 N–H and O–H groups in total. The number of hydrogen-bond acceptors (Lipinski definition) is 0. The van der Waals surface area contributed by atoms with Gasteiger partial charge in [0.1, 0.15) is 0 Å². The Morgan fingerprint density at radius 3 is 1.75 bits per heavy atom. The van der Waals surface area contributed by atoms with Crippen LogP contribution in [-0.4, -0.2) is 0 Å². The average Bonchev–Trinajstić information content (AvgIpc) is 2.11. The number of rotatable bonds is 6. The first-order valence-corrected chi connectivity index (χ1v) is 5.61. The van der Waals surface area contributed by atoms with Gasteiger partial charge in [-0.3, -0.25) is 0 Å². The maximum absolute atomic E-state index is 2.40. The van der Waals surface area contributed by atoms with Gasteiger partial charge < -0.3 is 0 Å². The molecule has 0 heteroatoms. The van der Waals surface area contributed by atoms with E-state index in [1.54, 1.807) is 0 Å². The minimum absolute atomic E-state index is 0.911. The monoisotopic (exact) mass is 170 g/mol. The molecule has 0 fully saturated rings. The predicted molar refractivity (Wildman–Crippen MR) is 57.3 cm³/mol. The lowest BCUT2D eigenvalue weighted by atomic mass is 9.87. The van der Waals surface area contributed by atoms with Gasteiger partial charge in [-0.2, -0.15) is 0 Å². The van der Waals surface area contributed by atoms with Crippen LogP contribution in [0.3, 0.4) is 0 Å². The largest absolute Gasteiger partial charge is 0.0651 e. The molecule has 3 atom stereocenters. The Hall–Kier alpha value is 0. The molecule has 0 aliphatic heterocycles. The van der Waals surface area contributed by atoms with Gasteiger partial charge in [-0.05, 0) is 17.8 Å². The Balaban J connectivity index is 3.49. The van der Waals surface area contributed by atoms with E-state index in [2.05, 4.69) is 34.6 Å². The summed E-state index contributed by atoms with van der Waals surface area (Å²) in [6.07, 6.45) is 5.51. The van der Waals surface area contributed by atoms with Gasteiger partial charge in [-0.25, -0.2) is 0 Å². The van der Waals surface area contributed by atoms with E-state index in [0.717, 1.165) is 17.8 Å². The molecule has 0 aliphatic carbocycles. The van der Waals surface area contributed by atoms with Gasteiger partial charge >= 0.3 is 0 Å². The van der Waals surface area contributed by atoms with Crippen molar-refractivity contribution >= 4 is 0 Å². The minimum atomic E-state index is 0.911. The number of hydrogen-bond donors (Lipinski definition) is 0. The van der Waals surface area contributed by atoms with Crippen LogP contribution in [0.25, 0.3) is 0 Å². The maximum atomic E-state index is 2.40. The topological polar surface area (TPSA) is 0 Å². The van der Waals surface area contributed by atoms with Gasteiger partial charge in [-0.1, -0.05) is 60.3 Å². The van der Waals surface area contributed by atoms with Crippen molar-refractivity contribution < 1.29 is 0 Å². The second-order valence-electron chi connectivity index (χ2n) is 4.45. The van der Waals surface area contributed by atoms with Crippen LogP contribution in [0, 0.1) is 17.8 Å². The van der Waals surface area contributed by atoms with Gasteiger partial charge in [0.2, 0.25) is 0 Å². The molecule has 74 valence electrons. The highest BCUT2D eigenvalue weighted by Crippen LogP contribution is 2.22. The second-order valence-corrected chi connectivity index (χ2v) is 4.45. The average molecular weight is 170 g/mol. The van der Waals surface area contributed by atoms with Crippen molar-refractivity contribution in [3.05, 3.63) is 0 Å². The summed E-state index contributed by atoms with van der Waals surface area (Å²) in [6, 6.07) is 0. The first kappa shape index (κ1) is 12.0. The van der Waals surface area contributed by atoms with E-state index in [9.17, 15) is 0 Å². The van der Waals surface area contributed by atoms with Crippen LogP contribution in [0.15, 0.2) is 0 Å². The van der Waals surface area contributed by atoms with E-state index in [-0.39, 0.29) is 0 Å². The summed E-state index contributed by atoms with van der Waals surface area (Å²) in [4.78, 5) is 0. The van der Waals surface area contributed by atoms with Crippen molar-refractivity contribution in [2.45, 2.75) is 60.3 Å². The molecule has 0 unspecified atom stereocenters. The van der Waals surface area contributed by atoms with Crippen molar-refractivity contribution in [3.8, 4) is 0 Å². The van der Waals surface area contributed by atoms with E-state index < -0.39 is 0 Å². The van der Waals surface area contributed by atoms with Crippen LogP contribution < -0.4 is 0 Å². The second kappa shape index (κ2) is 6.51. The van der Waals surface area contributed by atoms with Crippen LogP contribution in [0.2, 0.25) is 0 Å². The molecule has 0 spiro atoms. The van der Waals surface area contributed by atoms with Crippen molar-refractivity contribution in [2.75, 3.05) is 0 Å². The van der Waals surface area contributed by atoms with Crippen LogP contribution in [0.5, 0.6) is 0 Å². The Labute approximate surface area is 78.8 Å². The molecule has 0 saturated carbocycles. The van der Waals surface area contributed by atoms with E-state index in [4.69, 9.17) is 0 Å². The molecule has 0 aromatic heterocycles. The lowest BCUT2D eigenvalue weighted by Crippen LogP contribution is -2.08. The highest BCUT2D eigenvalue weighted by Gasteiger charge is 2.10. The third-order valence-corrected chi connectivity index (χ3v) is 3.43. The molecule has 0 nitrogen and oxygen atoms in total. The van der Waals surface area contributed by atoms with Crippen molar-refractivity contribution in [1.29, 1.82) is 0 Å². The fourth-order valence-electron chi connectivity index (χ4n) is 1.44. The predicted octanol–water partition coefficient (Wildman–Crippen LogP) is 4.49. The molecule has 0 aromatic carbocycles. The highest BCUT2D eigenvalue weighted by molar-refractivity contribution is 4.62. The summed E-state index contributed by atoms with van der Waals surface area (Å²) in [6.45, 7) is 11.7. The first-order chi connectivity index (χ1) is 5.61. The quantitative estimate of drug-likeness (QED) is 0.551. The molecule has 0 heterocycles. The first-order valence-electron chi connectivity index (χ1n) is 5.61. The molecule has 0 bridgehead atoms. The zero-order valence-electron chi connectivity index (χ0n) is 9.56. The Bertz CT molecular complexity index is 96.2. The SMILES string of the molecule is CC[C@@H](C)CC[C@H](C)[C@H](C)CC. The van der Waals surface area contributed by atoms with E-state index in [0.29, 0.717) is 0 Å². The van der Waals surface area contributed by atoms with Crippen LogP contribution in [0.4, 0.5) is 0 Å². The molecular weight excluding hydrogens is 144 g/mol. The summed E-state index contributed by atoms with van der Waals surface area (Å²) in [5, 5.41) is 0. The molecule has 0 rings (SSSR count). The third kappa shape index (κ3) is 4.79. The standard InChI is InChI=1S/C12H26/c1-6-10(3)8-9-12(5)11(4)7-2/h10-12H,6-9H2,1-5H3/t10-,11-,12+/m1/s1. The summed E-state index contributed by atoms with van der Waals surface area (Å²) in [5.74, 6) is 2.76. The Kier molecular flexibility index (Phi) is 6.51. The lowest BCUT2D eigenvalue weighted by Gasteiger charge is -2.19. The molecule has 0 aromatic rings.